The Morgan fingerprint density at radius 1 is 1.23 bits per heavy atom. The fourth-order valence-electron chi connectivity index (χ4n) is 4.45. The summed E-state index contributed by atoms with van der Waals surface area (Å²) in [6.07, 6.45) is 2.00. The van der Waals surface area contributed by atoms with Gasteiger partial charge in [0.15, 0.2) is 0 Å². The van der Waals surface area contributed by atoms with Crippen LogP contribution in [0.15, 0.2) is 36.4 Å². The topological polar surface area (TPSA) is 78.9 Å². The largest absolute Gasteiger partial charge is 0.456 e. The lowest BCUT2D eigenvalue weighted by Gasteiger charge is -2.41. The van der Waals surface area contributed by atoms with Gasteiger partial charge in [-0.3, -0.25) is 9.59 Å². The standard InChI is InChI=1S/C27H34F2N2O4/c1-18(2)15-31(16-26(3,4)34)24-9-7-20(27(35-17-32)10-5-11-27)13-23(24)30-25(33)12-19-6-8-21(28)14-22(19)29/h6-9,13-14,17-18,34H,5,10-12,15-16H2,1-4H3,(H,30,33). The fourth-order valence-corrected chi connectivity index (χ4v) is 4.45. The summed E-state index contributed by atoms with van der Waals surface area (Å²) < 4.78 is 32.9. The van der Waals surface area contributed by atoms with Crippen molar-refractivity contribution in [2.24, 2.45) is 5.92 Å². The van der Waals surface area contributed by atoms with E-state index in [4.69, 9.17) is 4.74 Å². The smallest absolute Gasteiger partial charge is 0.293 e. The second-order valence-corrected chi connectivity index (χ2v) is 10.3. The third-order valence-corrected chi connectivity index (χ3v) is 6.10. The highest BCUT2D eigenvalue weighted by Crippen LogP contribution is 2.46. The van der Waals surface area contributed by atoms with Crippen LogP contribution >= 0.6 is 0 Å². The normalized spacial score (nSPS) is 14.9. The maximum atomic E-state index is 14.1. The van der Waals surface area contributed by atoms with Gasteiger partial charge in [0, 0.05) is 19.2 Å². The molecule has 0 bridgehead atoms. The molecule has 2 N–H and O–H groups in total. The van der Waals surface area contributed by atoms with Crippen LogP contribution in [0.1, 0.15) is 58.1 Å². The highest BCUT2D eigenvalue weighted by molar-refractivity contribution is 5.96. The van der Waals surface area contributed by atoms with E-state index in [-0.39, 0.29) is 17.9 Å². The number of aliphatic hydroxyl groups is 1. The zero-order valence-corrected chi connectivity index (χ0v) is 20.7. The molecule has 2 aromatic rings. The predicted molar refractivity (Wildman–Crippen MR) is 131 cm³/mol. The molecule has 0 spiro atoms. The molecule has 1 amide bonds. The van der Waals surface area contributed by atoms with E-state index >= 15 is 0 Å². The number of carbonyl (C=O) groups excluding carboxylic acids is 2. The van der Waals surface area contributed by atoms with Gasteiger partial charge in [0.2, 0.25) is 5.91 Å². The molecule has 190 valence electrons. The number of halogens is 2. The van der Waals surface area contributed by atoms with E-state index in [2.05, 4.69) is 19.2 Å². The number of hydrogen-bond donors (Lipinski definition) is 2. The average molecular weight is 489 g/mol. The van der Waals surface area contributed by atoms with Crippen LogP contribution in [0.5, 0.6) is 0 Å². The Hall–Kier alpha value is -3.00. The van der Waals surface area contributed by atoms with Crippen LogP contribution in [-0.4, -0.2) is 36.2 Å². The number of benzene rings is 2. The van der Waals surface area contributed by atoms with Gasteiger partial charge < -0.3 is 20.1 Å². The summed E-state index contributed by atoms with van der Waals surface area (Å²) in [4.78, 5) is 26.1. The van der Waals surface area contributed by atoms with Crippen molar-refractivity contribution in [2.45, 2.75) is 64.6 Å². The molecule has 0 atom stereocenters. The van der Waals surface area contributed by atoms with Gasteiger partial charge in [-0.2, -0.15) is 0 Å². The lowest BCUT2D eigenvalue weighted by Crippen LogP contribution is -2.41. The molecule has 0 unspecified atom stereocenters. The minimum Gasteiger partial charge on any atom is -0.456 e. The van der Waals surface area contributed by atoms with Gasteiger partial charge >= 0.3 is 0 Å². The molecule has 3 rings (SSSR count). The molecule has 0 radical (unpaired) electrons. The van der Waals surface area contributed by atoms with Crippen LogP contribution in [0.25, 0.3) is 0 Å². The van der Waals surface area contributed by atoms with E-state index in [0.29, 0.717) is 43.8 Å². The molecular formula is C27H34F2N2O4. The third kappa shape index (κ3) is 6.78. The molecule has 6 nitrogen and oxygen atoms in total. The lowest BCUT2D eigenvalue weighted by molar-refractivity contribution is -0.155. The number of hydrogen-bond acceptors (Lipinski definition) is 5. The van der Waals surface area contributed by atoms with Crippen LogP contribution in [-0.2, 0) is 26.3 Å². The fraction of sp³-hybridized carbons (Fsp3) is 0.481. The Labute approximate surface area is 205 Å². The lowest BCUT2D eigenvalue weighted by atomic mass is 9.74. The molecule has 0 aliphatic heterocycles. The van der Waals surface area contributed by atoms with E-state index in [1.807, 2.05) is 17.0 Å². The highest BCUT2D eigenvalue weighted by atomic mass is 19.1. The van der Waals surface area contributed by atoms with Crippen LogP contribution < -0.4 is 10.2 Å². The molecule has 35 heavy (non-hydrogen) atoms. The van der Waals surface area contributed by atoms with E-state index in [0.717, 1.165) is 24.1 Å². The first-order valence-electron chi connectivity index (χ1n) is 11.9. The quantitative estimate of drug-likeness (QED) is 0.439. The number of rotatable bonds is 11. The van der Waals surface area contributed by atoms with Crippen molar-refractivity contribution in [1.29, 1.82) is 0 Å². The summed E-state index contributed by atoms with van der Waals surface area (Å²) in [6, 6.07) is 8.63. The summed E-state index contributed by atoms with van der Waals surface area (Å²) in [5.74, 6) is -1.70. The summed E-state index contributed by atoms with van der Waals surface area (Å²) in [5, 5.41) is 13.4. The minimum atomic E-state index is -0.998. The van der Waals surface area contributed by atoms with Crippen molar-refractivity contribution in [3.63, 3.8) is 0 Å². The first kappa shape index (κ1) is 26.6. The van der Waals surface area contributed by atoms with Gasteiger partial charge in [0.25, 0.3) is 6.47 Å². The highest BCUT2D eigenvalue weighted by Gasteiger charge is 2.41. The van der Waals surface area contributed by atoms with Crippen molar-refractivity contribution in [1.82, 2.24) is 0 Å². The van der Waals surface area contributed by atoms with Crippen LogP contribution in [0, 0.1) is 17.6 Å². The average Bonchev–Trinajstić information content (AvgIpc) is 2.71. The number of nitrogens with one attached hydrogen (secondary N) is 1. The number of ether oxygens (including phenoxy) is 1. The van der Waals surface area contributed by atoms with Gasteiger partial charge in [0.1, 0.15) is 17.2 Å². The Morgan fingerprint density at radius 3 is 2.49 bits per heavy atom. The summed E-state index contributed by atoms with van der Waals surface area (Å²) in [5.41, 5.74) is 0.274. The molecule has 1 fully saturated rings. The first-order valence-corrected chi connectivity index (χ1v) is 11.9. The van der Waals surface area contributed by atoms with Crippen molar-refractivity contribution < 1.29 is 28.2 Å². The van der Waals surface area contributed by atoms with Crippen LogP contribution in [0.2, 0.25) is 0 Å². The van der Waals surface area contributed by atoms with E-state index in [1.54, 1.807) is 19.9 Å². The van der Waals surface area contributed by atoms with E-state index < -0.39 is 28.7 Å². The van der Waals surface area contributed by atoms with Gasteiger partial charge in [-0.25, -0.2) is 8.78 Å². The van der Waals surface area contributed by atoms with Gasteiger partial charge in [-0.15, -0.1) is 0 Å². The molecule has 0 aromatic heterocycles. The molecule has 0 heterocycles. The maximum absolute atomic E-state index is 14.1. The second kappa shape index (κ2) is 10.7. The van der Waals surface area contributed by atoms with E-state index in [1.165, 1.54) is 6.07 Å². The predicted octanol–water partition coefficient (Wildman–Crippen LogP) is 4.93. The summed E-state index contributed by atoms with van der Waals surface area (Å²) >= 11 is 0. The number of carbonyl (C=O) groups is 2. The maximum Gasteiger partial charge on any atom is 0.293 e. The first-order chi connectivity index (χ1) is 16.4. The molecule has 0 saturated heterocycles. The molecule has 1 saturated carbocycles. The Kier molecular flexibility index (Phi) is 8.15. The van der Waals surface area contributed by atoms with Crippen LogP contribution in [0.3, 0.4) is 0 Å². The summed E-state index contributed by atoms with van der Waals surface area (Å²) in [6.45, 7) is 8.93. The molecule has 8 heteroatoms. The molecular weight excluding hydrogens is 454 g/mol. The number of amides is 1. The van der Waals surface area contributed by atoms with Crippen molar-refractivity contribution in [3.8, 4) is 0 Å². The SMILES string of the molecule is CC(C)CN(CC(C)(C)O)c1ccc(C2(OC=O)CCC2)cc1NC(=O)Cc1ccc(F)cc1F. The minimum absolute atomic E-state index is 0.0804. The summed E-state index contributed by atoms with van der Waals surface area (Å²) in [7, 11) is 0. The van der Waals surface area contributed by atoms with Crippen LogP contribution in [0.4, 0.5) is 20.2 Å². The molecule has 1 aliphatic rings. The van der Waals surface area contributed by atoms with Gasteiger partial charge in [0.05, 0.1) is 23.4 Å². The van der Waals surface area contributed by atoms with Crippen molar-refractivity contribution >= 4 is 23.8 Å². The third-order valence-electron chi connectivity index (χ3n) is 6.10. The van der Waals surface area contributed by atoms with E-state index in [9.17, 15) is 23.5 Å². The zero-order chi connectivity index (χ0) is 25.8. The van der Waals surface area contributed by atoms with Gasteiger partial charge in [-0.1, -0.05) is 26.0 Å². The Balaban J connectivity index is 1.99. The zero-order valence-electron chi connectivity index (χ0n) is 20.7. The second-order valence-electron chi connectivity index (χ2n) is 10.3. The monoisotopic (exact) mass is 488 g/mol. The Bertz CT molecular complexity index is 1060. The Morgan fingerprint density at radius 2 is 1.94 bits per heavy atom. The van der Waals surface area contributed by atoms with Crippen molar-refractivity contribution in [2.75, 3.05) is 23.3 Å². The molecule has 1 aliphatic carbocycles. The van der Waals surface area contributed by atoms with Gasteiger partial charge in [-0.05, 0) is 68.4 Å². The number of nitrogens with zero attached hydrogens (tertiary/aromatic N) is 1. The molecule has 2 aromatic carbocycles. The number of anilines is 2. The van der Waals surface area contributed by atoms with Crippen molar-refractivity contribution in [3.05, 3.63) is 59.2 Å².